The van der Waals surface area contributed by atoms with Crippen LogP contribution in [0.2, 0.25) is 0 Å². The zero-order valence-electron chi connectivity index (χ0n) is 8.73. The molecule has 0 aliphatic rings. The monoisotopic (exact) mass is 227 g/mol. The summed E-state index contributed by atoms with van der Waals surface area (Å²) in [6, 6.07) is 8.23. The second kappa shape index (κ2) is 6.79. The molecule has 0 unspecified atom stereocenters. The van der Waals surface area contributed by atoms with Crippen molar-refractivity contribution < 1.29 is 19.0 Å². The number of carbonyl (C=O) groups is 1. The van der Waals surface area contributed by atoms with Crippen molar-refractivity contribution >= 4 is 6.09 Å². The summed E-state index contributed by atoms with van der Waals surface area (Å²) in [5.74, 6) is 0. The van der Waals surface area contributed by atoms with Gasteiger partial charge in [0.25, 0.3) is 0 Å². The van der Waals surface area contributed by atoms with Gasteiger partial charge in [0, 0.05) is 0 Å². The summed E-state index contributed by atoms with van der Waals surface area (Å²) in [4.78, 5) is 11.1. The standard InChI is InChI=1S/C11H14FNO3/c12-6-10(7-14)13-11(15)16-8-9-4-2-1-3-5-9/h1-5,10,14H,6-8H2,(H,13,15)/t10-/m1/s1. The molecule has 16 heavy (non-hydrogen) atoms. The summed E-state index contributed by atoms with van der Waals surface area (Å²) in [5, 5.41) is 10.9. The maximum absolute atomic E-state index is 12.2. The van der Waals surface area contributed by atoms with Gasteiger partial charge in [0.1, 0.15) is 13.3 Å². The molecule has 0 saturated heterocycles. The Kier molecular flexibility index (Phi) is 5.28. The number of aliphatic hydroxyl groups excluding tert-OH is 1. The Balaban J connectivity index is 2.30. The van der Waals surface area contributed by atoms with Gasteiger partial charge in [-0.05, 0) is 5.56 Å². The zero-order valence-corrected chi connectivity index (χ0v) is 8.73. The molecule has 0 bridgehead atoms. The average Bonchev–Trinajstić information content (AvgIpc) is 2.34. The number of hydrogen-bond acceptors (Lipinski definition) is 3. The molecule has 5 heteroatoms. The highest BCUT2D eigenvalue weighted by atomic mass is 19.1. The van der Waals surface area contributed by atoms with E-state index in [9.17, 15) is 9.18 Å². The molecule has 0 radical (unpaired) electrons. The van der Waals surface area contributed by atoms with Crippen molar-refractivity contribution in [1.82, 2.24) is 5.32 Å². The van der Waals surface area contributed by atoms with Crippen LogP contribution in [0.1, 0.15) is 5.56 Å². The van der Waals surface area contributed by atoms with Gasteiger partial charge in [-0.3, -0.25) is 0 Å². The lowest BCUT2D eigenvalue weighted by Gasteiger charge is -2.12. The molecule has 0 spiro atoms. The predicted molar refractivity (Wildman–Crippen MR) is 56.6 cm³/mol. The van der Waals surface area contributed by atoms with Crippen molar-refractivity contribution in [2.75, 3.05) is 13.3 Å². The highest BCUT2D eigenvalue weighted by Crippen LogP contribution is 2.00. The van der Waals surface area contributed by atoms with Gasteiger partial charge in [0.2, 0.25) is 0 Å². The lowest BCUT2D eigenvalue weighted by Crippen LogP contribution is -2.39. The maximum Gasteiger partial charge on any atom is 0.407 e. The first kappa shape index (κ1) is 12.4. The first-order valence-corrected chi connectivity index (χ1v) is 4.90. The van der Waals surface area contributed by atoms with Crippen LogP contribution < -0.4 is 5.32 Å². The Morgan fingerprint density at radius 1 is 1.44 bits per heavy atom. The molecule has 0 aromatic heterocycles. The van der Waals surface area contributed by atoms with Gasteiger partial charge >= 0.3 is 6.09 Å². The molecular weight excluding hydrogens is 213 g/mol. The molecule has 1 rings (SSSR count). The Morgan fingerprint density at radius 2 is 2.12 bits per heavy atom. The lowest BCUT2D eigenvalue weighted by molar-refractivity contribution is 0.125. The van der Waals surface area contributed by atoms with Crippen LogP contribution in [0.3, 0.4) is 0 Å². The van der Waals surface area contributed by atoms with Gasteiger partial charge in [-0.1, -0.05) is 30.3 Å². The number of hydrogen-bond donors (Lipinski definition) is 2. The van der Waals surface area contributed by atoms with E-state index in [4.69, 9.17) is 9.84 Å². The molecule has 88 valence electrons. The number of rotatable bonds is 5. The molecule has 0 saturated carbocycles. The fourth-order valence-electron chi connectivity index (χ4n) is 1.06. The number of ether oxygens (including phenoxy) is 1. The quantitative estimate of drug-likeness (QED) is 0.795. The molecule has 2 N–H and O–H groups in total. The van der Waals surface area contributed by atoms with Crippen molar-refractivity contribution in [1.29, 1.82) is 0 Å². The van der Waals surface area contributed by atoms with Gasteiger partial charge in [-0.25, -0.2) is 9.18 Å². The molecule has 1 aromatic carbocycles. The van der Waals surface area contributed by atoms with E-state index in [2.05, 4.69) is 5.32 Å². The molecule has 1 aromatic rings. The second-order valence-corrected chi connectivity index (χ2v) is 3.24. The lowest BCUT2D eigenvalue weighted by atomic mass is 10.2. The molecule has 0 aliphatic heterocycles. The summed E-state index contributed by atoms with van der Waals surface area (Å²) in [6.07, 6.45) is -0.736. The van der Waals surface area contributed by atoms with E-state index in [1.54, 1.807) is 0 Å². The van der Waals surface area contributed by atoms with Crippen LogP contribution in [0.4, 0.5) is 9.18 Å². The summed E-state index contributed by atoms with van der Waals surface area (Å²) in [7, 11) is 0. The molecule has 4 nitrogen and oxygen atoms in total. The van der Waals surface area contributed by atoms with E-state index in [1.165, 1.54) is 0 Å². The zero-order chi connectivity index (χ0) is 11.8. The smallest absolute Gasteiger partial charge is 0.407 e. The first-order chi connectivity index (χ1) is 7.76. The highest BCUT2D eigenvalue weighted by Gasteiger charge is 2.11. The fraction of sp³-hybridized carbons (Fsp3) is 0.364. The Hall–Kier alpha value is -1.62. The van der Waals surface area contributed by atoms with E-state index in [-0.39, 0.29) is 6.61 Å². The van der Waals surface area contributed by atoms with Crippen molar-refractivity contribution in [3.8, 4) is 0 Å². The van der Waals surface area contributed by atoms with Crippen LogP contribution in [0, 0.1) is 0 Å². The SMILES string of the molecule is O=C(N[C@@H](CO)CF)OCc1ccccc1. The second-order valence-electron chi connectivity index (χ2n) is 3.24. The minimum absolute atomic E-state index is 0.122. The Bertz CT molecular complexity index is 314. The van der Waals surface area contributed by atoms with Gasteiger partial charge in [-0.15, -0.1) is 0 Å². The molecule has 0 heterocycles. The number of aliphatic hydroxyl groups is 1. The number of carbonyl (C=O) groups excluding carboxylic acids is 1. The van der Waals surface area contributed by atoms with E-state index in [1.807, 2.05) is 30.3 Å². The van der Waals surface area contributed by atoms with Crippen LogP contribution in [0.15, 0.2) is 30.3 Å². The molecule has 1 atom stereocenters. The topological polar surface area (TPSA) is 58.6 Å². The van der Waals surface area contributed by atoms with Crippen molar-refractivity contribution in [3.05, 3.63) is 35.9 Å². The third kappa shape index (κ3) is 4.27. The van der Waals surface area contributed by atoms with Crippen LogP contribution in [0.5, 0.6) is 0 Å². The number of nitrogens with one attached hydrogen (secondary N) is 1. The Morgan fingerprint density at radius 3 is 2.69 bits per heavy atom. The Labute approximate surface area is 93.0 Å². The molecular formula is C11H14FNO3. The fourth-order valence-corrected chi connectivity index (χ4v) is 1.06. The number of alkyl halides is 1. The van der Waals surface area contributed by atoms with Crippen LogP contribution in [-0.4, -0.2) is 30.5 Å². The van der Waals surface area contributed by atoms with E-state index < -0.39 is 25.4 Å². The van der Waals surface area contributed by atoms with Gasteiger partial charge in [0.15, 0.2) is 0 Å². The third-order valence-electron chi connectivity index (χ3n) is 1.94. The van der Waals surface area contributed by atoms with E-state index in [0.29, 0.717) is 0 Å². The number of halogens is 1. The minimum atomic E-state index is -0.900. The normalized spacial score (nSPS) is 11.9. The number of alkyl carbamates (subject to hydrolysis) is 1. The van der Waals surface area contributed by atoms with E-state index in [0.717, 1.165) is 5.56 Å². The van der Waals surface area contributed by atoms with Crippen molar-refractivity contribution in [2.45, 2.75) is 12.6 Å². The summed E-state index contributed by atoms with van der Waals surface area (Å²) in [5.41, 5.74) is 0.846. The highest BCUT2D eigenvalue weighted by molar-refractivity contribution is 5.67. The van der Waals surface area contributed by atoms with Crippen LogP contribution in [0.25, 0.3) is 0 Å². The van der Waals surface area contributed by atoms with Crippen molar-refractivity contribution in [3.63, 3.8) is 0 Å². The average molecular weight is 227 g/mol. The summed E-state index contributed by atoms with van der Waals surface area (Å²) in [6.45, 7) is -1.15. The van der Waals surface area contributed by atoms with E-state index >= 15 is 0 Å². The number of benzene rings is 1. The minimum Gasteiger partial charge on any atom is -0.445 e. The summed E-state index contributed by atoms with van der Waals surface area (Å²) >= 11 is 0. The first-order valence-electron chi connectivity index (χ1n) is 4.90. The van der Waals surface area contributed by atoms with Crippen LogP contribution in [-0.2, 0) is 11.3 Å². The van der Waals surface area contributed by atoms with Crippen molar-refractivity contribution in [2.24, 2.45) is 0 Å². The maximum atomic E-state index is 12.2. The van der Waals surface area contributed by atoms with Gasteiger partial charge < -0.3 is 15.2 Å². The molecule has 0 aliphatic carbocycles. The third-order valence-corrected chi connectivity index (χ3v) is 1.94. The van der Waals surface area contributed by atoms with Crippen LogP contribution >= 0.6 is 0 Å². The predicted octanol–water partition coefficient (Wildman–Crippen LogP) is 1.24. The van der Waals surface area contributed by atoms with Gasteiger partial charge in [0.05, 0.1) is 12.6 Å². The largest absolute Gasteiger partial charge is 0.445 e. The molecule has 1 amide bonds. The van der Waals surface area contributed by atoms with Gasteiger partial charge in [-0.2, -0.15) is 0 Å². The number of amides is 1. The summed E-state index contributed by atoms with van der Waals surface area (Å²) < 4.78 is 17.0. The molecule has 0 fully saturated rings.